The van der Waals surface area contributed by atoms with Gasteiger partial charge in [0.1, 0.15) is 12.0 Å². The molecule has 0 aliphatic carbocycles. The van der Waals surface area contributed by atoms with Crippen molar-refractivity contribution < 1.29 is 18.9 Å². The van der Waals surface area contributed by atoms with Gasteiger partial charge in [0.15, 0.2) is 5.65 Å². The lowest BCUT2D eigenvalue weighted by molar-refractivity contribution is -0.107. The molecule has 3 amide bonds. The molecule has 0 radical (unpaired) electrons. The maximum Gasteiger partial charge on any atom is 0.321 e. The summed E-state index contributed by atoms with van der Waals surface area (Å²) in [5.74, 6) is 0.374. The highest BCUT2D eigenvalue weighted by Crippen LogP contribution is 2.33. The molecular formula is C46H54N10O4. The first-order valence-corrected chi connectivity index (χ1v) is 20.5. The van der Waals surface area contributed by atoms with Crippen molar-refractivity contribution in [3.05, 3.63) is 107 Å². The van der Waals surface area contributed by atoms with Crippen LogP contribution in [0.3, 0.4) is 0 Å². The topological polar surface area (TPSA) is 165 Å². The number of carbonyl (C=O) groups excluding carboxylic acids is 3. The van der Waals surface area contributed by atoms with Crippen LogP contribution < -0.4 is 20.4 Å². The third-order valence-corrected chi connectivity index (χ3v) is 11.2. The zero-order valence-corrected chi connectivity index (χ0v) is 35.5. The number of carbonyl (C=O) groups is 3. The van der Waals surface area contributed by atoms with Gasteiger partial charge in [-0.3, -0.25) is 19.7 Å². The summed E-state index contributed by atoms with van der Waals surface area (Å²) in [6, 6.07) is 24.6. The fraction of sp³-hybridized carbons (Fsp3) is 0.370. The van der Waals surface area contributed by atoms with Crippen LogP contribution in [-0.2, 0) is 10.2 Å². The molecule has 1 aliphatic heterocycles. The molecule has 14 nitrogen and oxygen atoms in total. The van der Waals surface area contributed by atoms with Crippen LogP contribution in [0.2, 0.25) is 0 Å². The normalized spacial score (nSPS) is 14.5. The van der Waals surface area contributed by atoms with Crippen LogP contribution in [0.1, 0.15) is 86.2 Å². The minimum atomic E-state index is -0.387. The number of aromatic amines is 1. The van der Waals surface area contributed by atoms with Crippen molar-refractivity contribution in [2.45, 2.75) is 65.3 Å². The van der Waals surface area contributed by atoms with E-state index in [1.165, 1.54) is 11.3 Å². The second kappa shape index (κ2) is 17.8. The number of nitrogens with one attached hydrogen (secondary N) is 3. The first-order chi connectivity index (χ1) is 28.8. The lowest BCUT2D eigenvalue weighted by atomic mass is 9.97. The number of hydrogen-bond donors (Lipinski definition) is 3. The Labute approximate surface area is 350 Å². The molecule has 1 saturated heterocycles. The molecule has 14 heteroatoms. The van der Waals surface area contributed by atoms with Crippen LogP contribution in [0.15, 0.2) is 83.5 Å². The summed E-state index contributed by atoms with van der Waals surface area (Å²) in [6.45, 7) is 17.2. The van der Waals surface area contributed by atoms with Crippen LogP contribution in [-0.4, -0.2) is 94.8 Å². The summed E-state index contributed by atoms with van der Waals surface area (Å²) in [5, 5.41) is 18.2. The standard InChI is InChI=1S/C46H54N10O4/c1-29-25-34(13-18-38(29)31(3)49-43(58)42-50-44(60-53-42)46(4,5)6)40-39-26-35(27-48-41(39)52-51-40)33-11-14-36(15-12-33)55-22-20-54(21-23-55)28-30(2)32-9-16-37(17-10-32)56(19-8-24-57)45(59)47-7/h9-18,24-27,30-31H,8,19-23,28H2,1-7H3,(H,47,59)(H,49,58)(H,48,51,52)/t30?,31-/m1/s1. The van der Waals surface area contributed by atoms with E-state index in [-0.39, 0.29) is 35.6 Å². The van der Waals surface area contributed by atoms with E-state index < -0.39 is 0 Å². The van der Waals surface area contributed by atoms with Crippen molar-refractivity contribution in [1.82, 2.24) is 40.9 Å². The van der Waals surface area contributed by atoms with Crippen molar-refractivity contribution in [2.75, 3.05) is 56.1 Å². The van der Waals surface area contributed by atoms with Crippen molar-refractivity contribution in [1.29, 1.82) is 0 Å². The summed E-state index contributed by atoms with van der Waals surface area (Å²) >= 11 is 0. The number of aromatic nitrogens is 5. The SMILES string of the molecule is CNC(=O)N(CCC=O)c1ccc(C(C)CN2CCN(c3ccc(-c4cnc5[nH]nc(-c6ccc([C@@H](C)NC(=O)c7noc(C(C)(C)C)n7)c(C)c6)c5c4)cc3)CC2)cc1. The van der Waals surface area contributed by atoms with E-state index in [9.17, 15) is 14.4 Å². The number of aryl methyl sites for hydroxylation is 1. The molecule has 0 spiro atoms. The van der Waals surface area contributed by atoms with Gasteiger partial charge in [0.05, 0.1) is 6.04 Å². The second-order valence-electron chi connectivity index (χ2n) is 16.6. The van der Waals surface area contributed by atoms with Gasteiger partial charge in [-0.25, -0.2) is 9.78 Å². The van der Waals surface area contributed by atoms with E-state index in [2.05, 4.69) is 96.2 Å². The Morgan fingerprint density at radius 1 is 0.950 bits per heavy atom. The Kier molecular flexibility index (Phi) is 12.4. The first-order valence-electron chi connectivity index (χ1n) is 20.5. The highest BCUT2D eigenvalue weighted by molar-refractivity contribution is 5.94. The van der Waals surface area contributed by atoms with Gasteiger partial charge in [0.25, 0.3) is 11.7 Å². The molecule has 7 rings (SSSR count). The lowest BCUT2D eigenvalue weighted by Gasteiger charge is -2.37. The van der Waals surface area contributed by atoms with E-state index in [0.29, 0.717) is 24.0 Å². The molecule has 3 N–H and O–H groups in total. The number of aldehydes is 1. The number of benzene rings is 3. The van der Waals surface area contributed by atoms with E-state index >= 15 is 0 Å². The maximum absolute atomic E-state index is 12.9. The van der Waals surface area contributed by atoms with Crippen LogP contribution >= 0.6 is 0 Å². The minimum absolute atomic E-state index is 0.0189. The molecule has 6 aromatic rings. The van der Waals surface area contributed by atoms with E-state index in [0.717, 1.165) is 83.6 Å². The van der Waals surface area contributed by atoms with E-state index in [4.69, 9.17) is 9.51 Å². The van der Waals surface area contributed by atoms with Crippen molar-refractivity contribution in [3.63, 3.8) is 0 Å². The van der Waals surface area contributed by atoms with Gasteiger partial charge in [0, 0.05) is 92.2 Å². The van der Waals surface area contributed by atoms with Crippen LogP contribution in [0.5, 0.6) is 0 Å². The fourth-order valence-corrected chi connectivity index (χ4v) is 7.74. The largest absolute Gasteiger partial charge is 0.369 e. The average molecular weight is 811 g/mol. The molecule has 3 aromatic carbocycles. The summed E-state index contributed by atoms with van der Waals surface area (Å²) < 4.78 is 5.31. The van der Waals surface area contributed by atoms with Gasteiger partial charge < -0.3 is 24.9 Å². The number of urea groups is 1. The van der Waals surface area contributed by atoms with Gasteiger partial charge in [-0.2, -0.15) is 10.1 Å². The Balaban J connectivity index is 0.956. The number of H-pyrrole nitrogens is 1. The number of rotatable bonds is 13. The number of anilines is 2. The quantitative estimate of drug-likeness (QED) is 0.0999. The number of amides is 3. The van der Waals surface area contributed by atoms with Gasteiger partial charge >= 0.3 is 6.03 Å². The molecule has 1 unspecified atom stereocenters. The molecule has 0 bridgehead atoms. The molecule has 1 aliphatic rings. The van der Waals surface area contributed by atoms with Gasteiger partial charge in [-0.15, -0.1) is 0 Å². The van der Waals surface area contributed by atoms with Crippen molar-refractivity contribution >= 4 is 40.6 Å². The summed E-state index contributed by atoms with van der Waals surface area (Å²) in [6.07, 6.45) is 3.00. The molecular weight excluding hydrogens is 757 g/mol. The molecule has 60 heavy (non-hydrogen) atoms. The Morgan fingerprint density at radius 2 is 1.67 bits per heavy atom. The second-order valence-corrected chi connectivity index (χ2v) is 16.6. The zero-order valence-electron chi connectivity index (χ0n) is 35.5. The number of piperazine rings is 1. The number of pyridine rings is 1. The smallest absolute Gasteiger partial charge is 0.321 e. The number of fused-ring (bicyclic) bond motifs is 1. The van der Waals surface area contributed by atoms with Crippen molar-refractivity contribution in [2.24, 2.45) is 0 Å². The Morgan fingerprint density at radius 3 is 2.32 bits per heavy atom. The Hall–Kier alpha value is -6.41. The molecule has 4 heterocycles. The summed E-state index contributed by atoms with van der Waals surface area (Å²) in [5.41, 5.74) is 9.40. The fourth-order valence-electron chi connectivity index (χ4n) is 7.74. The number of nitrogens with zero attached hydrogens (tertiary/aromatic N) is 7. The van der Waals surface area contributed by atoms with Gasteiger partial charge in [-0.1, -0.05) is 69.2 Å². The predicted molar refractivity (Wildman–Crippen MR) is 234 cm³/mol. The maximum atomic E-state index is 12.9. The van der Waals surface area contributed by atoms with E-state index in [1.807, 2.05) is 65.1 Å². The van der Waals surface area contributed by atoms with E-state index in [1.54, 1.807) is 11.9 Å². The zero-order chi connectivity index (χ0) is 42.6. The highest BCUT2D eigenvalue weighted by atomic mass is 16.5. The van der Waals surface area contributed by atoms with Crippen molar-refractivity contribution in [3.8, 4) is 22.4 Å². The molecule has 0 saturated carbocycles. The first kappa shape index (κ1) is 41.7. The summed E-state index contributed by atoms with van der Waals surface area (Å²) in [4.78, 5) is 51.8. The molecule has 2 atom stereocenters. The minimum Gasteiger partial charge on any atom is -0.369 e. The van der Waals surface area contributed by atoms with Gasteiger partial charge in [-0.05, 0) is 78.4 Å². The lowest BCUT2D eigenvalue weighted by Crippen LogP contribution is -2.47. The number of hydrogen-bond acceptors (Lipinski definition) is 10. The molecule has 3 aromatic heterocycles. The highest BCUT2D eigenvalue weighted by Gasteiger charge is 2.26. The van der Waals surface area contributed by atoms with Crippen LogP contribution in [0.4, 0.5) is 16.2 Å². The third-order valence-electron chi connectivity index (χ3n) is 11.2. The van der Waals surface area contributed by atoms with Crippen LogP contribution in [0.25, 0.3) is 33.4 Å². The van der Waals surface area contributed by atoms with Crippen LogP contribution in [0, 0.1) is 6.92 Å². The van der Waals surface area contributed by atoms with Gasteiger partial charge in [0.2, 0.25) is 5.89 Å². The average Bonchev–Trinajstić information content (AvgIpc) is 3.93. The Bertz CT molecular complexity index is 2440. The predicted octanol–water partition coefficient (Wildman–Crippen LogP) is 7.43. The monoisotopic (exact) mass is 810 g/mol. The molecule has 1 fully saturated rings. The summed E-state index contributed by atoms with van der Waals surface area (Å²) in [7, 11) is 1.60. The molecule has 312 valence electrons. The third kappa shape index (κ3) is 9.23.